The van der Waals surface area contributed by atoms with Crippen LogP contribution in [0.1, 0.15) is 64.2 Å². The Hall–Kier alpha value is -1.72. The molecule has 0 unspecified atom stereocenters. The molecule has 0 aliphatic heterocycles. The summed E-state index contributed by atoms with van der Waals surface area (Å²) in [5, 5.41) is 8.20. The number of rotatable bonds is 7. The van der Waals surface area contributed by atoms with Gasteiger partial charge in [0.25, 0.3) is 0 Å². The number of fused-ring (bicyclic) bond motifs is 4. The Morgan fingerprint density at radius 3 is 1.54 bits per heavy atom. The van der Waals surface area contributed by atoms with Crippen molar-refractivity contribution in [2.75, 3.05) is 0 Å². The maximum absolute atomic E-state index is 11.8. The quantitative estimate of drug-likeness (QED) is 0.542. The Labute approximate surface area is 155 Å². The second-order valence-electron chi connectivity index (χ2n) is 8.80. The minimum absolute atomic E-state index is 0.142. The number of carbonyl (C=O) groups is 2. The van der Waals surface area contributed by atoms with Gasteiger partial charge in [0, 0.05) is 25.3 Å². The lowest BCUT2D eigenvalue weighted by Gasteiger charge is -2.16. The van der Waals surface area contributed by atoms with Crippen molar-refractivity contribution in [1.29, 1.82) is 0 Å². The van der Waals surface area contributed by atoms with Crippen molar-refractivity contribution < 1.29 is 9.59 Å². The van der Waals surface area contributed by atoms with Crippen LogP contribution in [0.15, 0.2) is 10.2 Å². The molecule has 4 bridgehead atoms. The maximum atomic E-state index is 11.8. The summed E-state index contributed by atoms with van der Waals surface area (Å²) in [7, 11) is 0. The van der Waals surface area contributed by atoms with E-state index < -0.39 is 0 Å². The summed E-state index contributed by atoms with van der Waals surface area (Å²) in [6, 6.07) is 0. The highest BCUT2D eigenvalue weighted by molar-refractivity contribution is 5.84. The van der Waals surface area contributed by atoms with E-state index in [-0.39, 0.29) is 24.7 Å². The van der Waals surface area contributed by atoms with Crippen molar-refractivity contribution in [3.8, 4) is 0 Å². The smallest absolute Gasteiger partial charge is 0.240 e. The van der Waals surface area contributed by atoms with Crippen LogP contribution in [0.4, 0.5) is 0 Å². The van der Waals surface area contributed by atoms with E-state index in [1.165, 1.54) is 51.4 Å². The molecule has 6 atom stereocenters. The highest BCUT2D eigenvalue weighted by Gasteiger charge is 2.39. The molecule has 142 valence electrons. The zero-order valence-corrected chi connectivity index (χ0v) is 15.4. The number of hydrazone groups is 2. The Balaban J connectivity index is 1.09. The molecule has 4 fully saturated rings. The van der Waals surface area contributed by atoms with Gasteiger partial charge in [0.15, 0.2) is 0 Å². The van der Waals surface area contributed by atoms with Crippen LogP contribution in [0.25, 0.3) is 0 Å². The van der Waals surface area contributed by atoms with E-state index in [0.29, 0.717) is 11.8 Å². The van der Waals surface area contributed by atoms with Crippen LogP contribution in [0.5, 0.6) is 0 Å². The molecule has 4 rings (SSSR count). The van der Waals surface area contributed by atoms with Gasteiger partial charge in [-0.15, -0.1) is 0 Å². The van der Waals surface area contributed by atoms with Crippen LogP contribution in [0, 0.1) is 35.5 Å². The number of carbonyl (C=O) groups excluding carboxylic acids is 2. The zero-order valence-electron chi connectivity index (χ0n) is 15.4. The molecule has 0 aromatic rings. The average molecular weight is 358 g/mol. The second-order valence-corrected chi connectivity index (χ2v) is 8.80. The van der Waals surface area contributed by atoms with E-state index in [9.17, 15) is 9.59 Å². The molecule has 0 saturated heterocycles. The largest absolute Gasteiger partial charge is 0.273 e. The molecule has 2 N–H and O–H groups in total. The van der Waals surface area contributed by atoms with E-state index in [2.05, 4.69) is 21.1 Å². The molecule has 0 radical (unpaired) electrons. The molecule has 4 aliphatic rings. The standard InChI is InChI=1S/C20H30N4O2/c25-19(23-21-11-17-9-13-1-3-15(17)7-13)5-6-20(26)24-22-12-18-10-14-2-4-16(18)8-14/h11-18H,1-10H2,(H,23,25)(H,24,26)/b21-11-,22-12-/t13-,14+,15-,16-,17+,18-/m1/s1. The first-order valence-corrected chi connectivity index (χ1v) is 10.3. The molecular formula is C20H30N4O2. The molecule has 26 heavy (non-hydrogen) atoms. The molecular weight excluding hydrogens is 328 g/mol. The van der Waals surface area contributed by atoms with Crippen molar-refractivity contribution in [3.63, 3.8) is 0 Å². The van der Waals surface area contributed by atoms with Crippen molar-refractivity contribution in [1.82, 2.24) is 10.9 Å². The van der Waals surface area contributed by atoms with E-state index in [4.69, 9.17) is 0 Å². The molecule has 6 nitrogen and oxygen atoms in total. The number of hydrogen-bond acceptors (Lipinski definition) is 4. The maximum Gasteiger partial charge on any atom is 0.240 e. The third-order valence-electron chi connectivity index (χ3n) is 7.08. The van der Waals surface area contributed by atoms with Gasteiger partial charge in [-0.3, -0.25) is 9.59 Å². The summed E-state index contributed by atoms with van der Waals surface area (Å²) in [4.78, 5) is 23.6. The van der Waals surface area contributed by atoms with Crippen LogP contribution < -0.4 is 10.9 Å². The van der Waals surface area contributed by atoms with Crippen LogP contribution in [-0.2, 0) is 9.59 Å². The van der Waals surface area contributed by atoms with Gasteiger partial charge in [-0.1, -0.05) is 12.8 Å². The summed E-state index contributed by atoms with van der Waals surface area (Å²) in [6.45, 7) is 0. The van der Waals surface area contributed by atoms with Gasteiger partial charge in [-0.25, -0.2) is 10.9 Å². The molecule has 0 aromatic heterocycles. The third kappa shape index (κ3) is 4.15. The number of nitrogens with one attached hydrogen (secondary N) is 2. The summed E-state index contributed by atoms with van der Waals surface area (Å²) in [5.74, 6) is 3.90. The lowest BCUT2D eigenvalue weighted by atomic mass is 9.90. The molecule has 4 saturated carbocycles. The van der Waals surface area contributed by atoms with Gasteiger partial charge >= 0.3 is 0 Å². The molecule has 0 heterocycles. The van der Waals surface area contributed by atoms with Gasteiger partial charge in [0.1, 0.15) is 0 Å². The zero-order chi connectivity index (χ0) is 17.9. The van der Waals surface area contributed by atoms with E-state index >= 15 is 0 Å². The Bertz CT molecular complexity index is 551. The fourth-order valence-electron chi connectivity index (χ4n) is 5.70. The van der Waals surface area contributed by atoms with E-state index in [0.717, 1.165) is 23.7 Å². The summed E-state index contributed by atoms with van der Waals surface area (Å²) < 4.78 is 0. The first-order valence-electron chi connectivity index (χ1n) is 10.3. The van der Waals surface area contributed by atoms with Crippen LogP contribution in [0.3, 0.4) is 0 Å². The molecule has 0 aromatic carbocycles. The normalized spacial score (nSPS) is 37.8. The predicted molar refractivity (Wildman–Crippen MR) is 100 cm³/mol. The van der Waals surface area contributed by atoms with Gasteiger partial charge in [0.05, 0.1) is 0 Å². The molecule has 0 spiro atoms. The fraction of sp³-hybridized carbons (Fsp3) is 0.800. The summed E-state index contributed by atoms with van der Waals surface area (Å²) in [5.41, 5.74) is 5.11. The number of nitrogens with zero attached hydrogens (tertiary/aromatic N) is 2. The topological polar surface area (TPSA) is 82.9 Å². The monoisotopic (exact) mass is 358 g/mol. The van der Waals surface area contributed by atoms with Crippen LogP contribution >= 0.6 is 0 Å². The van der Waals surface area contributed by atoms with Crippen molar-refractivity contribution in [3.05, 3.63) is 0 Å². The minimum Gasteiger partial charge on any atom is -0.273 e. The Morgan fingerprint density at radius 1 is 0.731 bits per heavy atom. The summed E-state index contributed by atoms with van der Waals surface area (Å²) in [6.07, 6.45) is 14.5. The van der Waals surface area contributed by atoms with E-state index in [1.54, 1.807) is 0 Å². The first-order chi connectivity index (χ1) is 12.7. The van der Waals surface area contributed by atoms with Crippen LogP contribution in [0.2, 0.25) is 0 Å². The second kappa shape index (κ2) is 7.89. The molecule has 4 aliphatic carbocycles. The molecule has 2 amide bonds. The van der Waals surface area contributed by atoms with Gasteiger partial charge < -0.3 is 0 Å². The lowest BCUT2D eigenvalue weighted by molar-refractivity contribution is -0.126. The molecule has 6 heteroatoms. The Kier molecular flexibility index (Phi) is 5.36. The van der Waals surface area contributed by atoms with E-state index in [1.807, 2.05) is 12.4 Å². The number of hydrogen-bond donors (Lipinski definition) is 2. The van der Waals surface area contributed by atoms with Gasteiger partial charge in [-0.05, 0) is 74.0 Å². The third-order valence-corrected chi connectivity index (χ3v) is 7.08. The van der Waals surface area contributed by atoms with Crippen molar-refractivity contribution >= 4 is 24.2 Å². The number of amides is 2. The Morgan fingerprint density at radius 2 is 1.19 bits per heavy atom. The minimum atomic E-state index is -0.211. The highest BCUT2D eigenvalue weighted by Crippen LogP contribution is 2.48. The SMILES string of the molecule is O=C(CCC(=O)N/N=C\[C@H]1C[C@H]2CC[C@@H]1C2)N/N=C\[C@@H]1C[C@@H]2CC[C@@H]1C2. The highest BCUT2D eigenvalue weighted by atomic mass is 16.2. The average Bonchev–Trinajstić information content (AvgIpc) is 3.41. The van der Waals surface area contributed by atoms with Gasteiger partial charge in [-0.2, -0.15) is 10.2 Å². The lowest BCUT2D eigenvalue weighted by Crippen LogP contribution is -2.24. The van der Waals surface area contributed by atoms with Crippen LogP contribution in [-0.4, -0.2) is 24.2 Å². The van der Waals surface area contributed by atoms with Crippen molar-refractivity contribution in [2.45, 2.75) is 64.2 Å². The first kappa shape index (κ1) is 17.7. The summed E-state index contributed by atoms with van der Waals surface area (Å²) >= 11 is 0. The fourth-order valence-corrected chi connectivity index (χ4v) is 5.70. The van der Waals surface area contributed by atoms with Gasteiger partial charge in [0.2, 0.25) is 11.8 Å². The predicted octanol–water partition coefficient (Wildman–Crippen LogP) is 2.84. The van der Waals surface area contributed by atoms with Crippen molar-refractivity contribution in [2.24, 2.45) is 45.7 Å².